The SMILES string of the molecule is CCOc1cc(NC(=O)C(C)Cl)ccc1OC. The van der Waals surface area contributed by atoms with Gasteiger partial charge in [0.15, 0.2) is 11.5 Å². The van der Waals surface area contributed by atoms with Crippen LogP contribution in [0.25, 0.3) is 0 Å². The van der Waals surface area contributed by atoms with E-state index in [1.165, 1.54) is 0 Å². The maximum absolute atomic E-state index is 11.4. The van der Waals surface area contributed by atoms with Gasteiger partial charge < -0.3 is 14.8 Å². The van der Waals surface area contributed by atoms with E-state index in [9.17, 15) is 4.79 Å². The largest absolute Gasteiger partial charge is 0.493 e. The molecule has 0 aromatic heterocycles. The Morgan fingerprint density at radius 2 is 2.18 bits per heavy atom. The fourth-order valence-corrected chi connectivity index (χ4v) is 1.32. The summed E-state index contributed by atoms with van der Waals surface area (Å²) in [6.45, 7) is 4.02. The summed E-state index contributed by atoms with van der Waals surface area (Å²) in [5, 5.41) is 2.11. The third-order valence-corrected chi connectivity index (χ3v) is 2.29. The molecule has 0 spiro atoms. The van der Waals surface area contributed by atoms with Crippen molar-refractivity contribution in [3.05, 3.63) is 18.2 Å². The first-order valence-corrected chi connectivity index (χ1v) is 5.78. The maximum Gasteiger partial charge on any atom is 0.242 e. The first kappa shape index (κ1) is 13.6. The summed E-state index contributed by atoms with van der Waals surface area (Å²) in [5.41, 5.74) is 0.631. The van der Waals surface area contributed by atoms with Crippen molar-refractivity contribution in [2.24, 2.45) is 0 Å². The second-order valence-electron chi connectivity index (χ2n) is 3.40. The van der Waals surface area contributed by atoms with E-state index >= 15 is 0 Å². The molecule has 0 heterocycles. The van der Waals surface area contributed by atoms with Gasteiger partial charge in [-0.15, -0.1) is 11.6 Å². The zero-order valence-electron chi connectivity index (χ0n) is 10.1. The van der Waals surface area contributed by atoms with Crippen LogP contribution in [0.15, 0.2) is 18.2 Å². The van der Waals surface area contributed by atoms with Crippen LogP contribution in [0.1, 0.15) is 13.8 Å². The van der Waals surface area contributed by atoms with Gasteiger partial charge in [0.1, 0.15) is 5.38 Å². The fourth-order valence-electron chi connectivity index (χ4n) is 1.26. The van der Waals surface area contributed by atoms with Gasteiger partial charge in [0.05, 0.1) is 13.7 Å². The van der Waals surface area contributed by atoms with Crippen molar-refractivity contribution in [2.45, 2.75) is 19.2 Å². The number of methoxy groups -OCH3 is 1. The summed E-state index contributed by atoms with van der Waals surface area (Å²) in [4.78, 5) is 11.4. The highest BCUT2D eigenvalue weighted by Gasteiger charge is 2.11. The highest BCUT2D eigenvalue weighted by atomic mass is 35.5. The Morgan fingerprint density at radius 1 is 1.47 bits per heavy atom. The summed E-state index contributed by atoms with van der Waals surface area (Å²) >= 11 is 5.67. The molecule has 5 heteroatoms. The number of hydrogen-bond donors (Lipinski definition) is 1. The average molecular weight is 258 g/mol. The number of benzene rings is 1. The predicted octanol–water partition coefficient (Wildman–Crippen LogP) is 2.66. The molecular formula is C12H16ClNO3. The van der Waals surface area contributed by atoms with Crippen LogP contribution in [0.5, 0.6) is 11.5 Å². The minimum Gasteiger partial charge on any atom is -0.493 e. The quantitative estimate of drug-likeness (QED) is 0.825. The Bertz CT molecular complexity index is 393. The number of halogens is 1. The Morgan fingerprint density at radius 3 is 2.71 bits per heavy atom. The molecule has 1 amide bonds. The molecule has 94 valence electrons. The van der Waals surface area contributed by atoms with Crippen LogP contribution in [0.2, 0.25) is 0 Å². The average Bonchev–Trinajstić information content (AvgIpc) is 2.29. The van der Waals surface area contributed by atoms with Crippen LogP contribution in [-0.2, 0) is 4.79 Å². The molecule has 4 nitrogen and oxygen atoms in total. The van der Waals surface area contributed by atoms with Crippen LogP contribution < -0.4 is 14.8 Å². The van der Waals surface area contributed by atoms with E-state index in [1.807, 2.05) is 6.92 Å². The molecule has 0 saturated heterocycles. The zero-order valence-corrected chi connectivity index (χ0v) is 10.9. The molecule has 0 radical (unpaired) electrons. The van der Waals surface area contributed by atoms with Gasteiger partial charge in [-0.2, -0.15) is 0 Å². The van der Waals surface area contributed by atoms with Gasteiger partial charge in [0.25, 0.3) is 0 Å². The highest BCUT2D eigenvalue weighted by molar-refractivity contribution is 6.32. The van der Waals surface area contributed by atoms with E-state index in [0.717, 1.165) is 0 Å². The van der Waals surface area contributed by atoms with Crippen molar-refractivity contribution >= 4 is 23.2 Å². The summed E-state index contributed by atoms with van der Waals surface area (Å²) in [6.07, 6.45) is 0. The summed E-state index contributed by atoms with van der Waals surface area (Å²) < 4.78 is 10.5. The summed E-state index contributed by atoms with van der Waals surface area (Å²) in [6, 6.07) is 5.18. The van der Waals surface area contributed by atoms with Crippen LogP contribution in [0.3, 0.4) is 0 Å². The van der Waals surface area contributed by atoms with Gasteiger partial charge in [0.2, 0.25) is 5.91 Å². The second-order valence-corrected chi connectivity index (χ2v) is 4.06. The lowest BCUT2D eigenvalue weighted by Gasteiger charge is -2.12. The van der Waals surface area contributed by atoms with Crippen LogP contribution in [-0.4, -0.2) is 25.0 Å². The van der Waals surface area contributed by atoms with Crippen molar-refractivity contribution in [1.82, 2.24) is 0 Å². The summed E-state index contributed by atoms with van der Waals surface area (Å²) in [7, 11) is 1.57. The molecule has 0 bridgehead atoms. The number of carbonyl (C=O) groups excluding carboxylic acids is 1. The van der Waals surface area contributed by atoms with Crippen molar-refractivity contribution in [2.75, 3.05) is 19.0 Å². The van der Waals surface area contributed by atoms with E-state index in [0.29, 0.717) is 23.8 Å². The number of ether oxygens (including phenoxy) is 2. The molecule has 1 rings (SSSR count). The van der Waals surface area contributed by atoms with Gasteiger partial charge in [-0.3, -0.25) is 4.79 Å². The number of rotatable bonds is 5. The minimum atomic E-state index is -0.576. The first-order chi connectivity index (χ1) is 8.08. The van der Waals surface area contributed by atoms with E-state index in [4.69, 9.17) is 21.1 Å². The van der Waals surface area contributed by atoms with Gasteiger partial charge in [-0.05, 0) is 26.0 Å². The molecule has 1 atom stereocenters. The zero-order chi connectivity index (χ0) is 12.8. The Kier molecular flexibility index (Phi) is 5.10. The fraction of sp³-hybridized carbons (Fsp3) is 0.417. The Labute approximate surface area is 106 Å². The molecule has 0 aliphatic heterocycles. The van der Waals surface area contributed by atoms with E-state index in [1.54, 1.807) is 32.2 Å². The minimum absolute atomic E-state index is 0.251. The van der Waals surface area contributed by atoms with E-state index in [2.05, 4.69) is 5.32 Å². The molecule has 0 saturated carbocycles. The van der Waals surface area contributed by atoms with Crippen molar-refractivity contribution in [3.63, 3.8) is 0 Å². The van der Waals surface area contributed by atoms with Crippen molar-refractivity contribution in [1.29, 1.82) is 0 Å². The monoisotopic (exact) mass is 257 g/mol. The molecule has 0 aliphatic carbocycles. The standard InChI is InChI=1S/C12H16ClNO3/c1-4-17-11-7-9(5-6-10(11)16-3)14-12(15)8(2)13/h5-8H,4H2,1-3H3,(H,14,15). The molecular weight excluding hydrogens is 242 g/mol. The van der Waals surface area contributed by atoms with Crippen LogP contribution in [0, 0.1) is 0 Å². The molecule has 1 aromatic carbocycles. The van der Waals surface area contributed by atoms with Gasteiger partial charge in [-0.25, -0.2) is 0 Å². The van der Waals surface area contributed by atoms with Crippen molar-refractivity contribution in [3.8, 4) is 11.5 Å². The second kappa shape index (κ2) is 6.35. The van der Waals surface area contributed by atoms with E-state index < -0.39 is 5.38 Å². The lowest BCUT2D eigenvalue weighted by Crippen LogP contribution is -2.20. The number of amides is 1. The molecule has 1 aromatic rings. The highest BCUT2D eigenvalue weighted by Crippen LogP contribution is 2.30. The topological polar surface area (TPSA) is 47.6 Å². The third-order valence-electron chi connectivity index (χ3n) is 2.09. The molecule has 0 aliphatic rings. The third kappa shape index (κ3) is 3.82. The Balaban J connectivity index is 2.88. The maximum atomic E-state index is 11.4. The number of hydrogen-bond acceptors (Lipinski definition) is 3. The van der Waals surface area contributed by atoms with Gasteiger partial charge >= 0.3 is 0 Å². The Hall–Kier alpha value is -1.42. The van der Waals surface area contributed by atoms with Crippen LogP contribution in [0.4, 0.5) is 5.69 Å². The van der Waals surface area contributed by atoms with Crippen LogP contribution >= 0.6 is 11.6 Å². The lowest BCUT2D eigenvalue weighted by atomic mass is 10.2. The molecule has 17 heavy (non-hydrogen) atoms. The summed E-state index contributed by atoms with van der Waals surface area (Å²) in [5.74, 6) is 0.970. The number of anilines is 1. The van der Waals surface area contributed by atoms with E-state index in [-0.39, 0.29) is 5.91 Å². The first-order valence-electron chi connectivity index (χ1n) is 5.34. The smallest absolute Gasteiger partial charge is 0.242 e. The predicted molar refractivity (Wildman–Crippen MR) is 68.1 cm³/mol. The van der Waals surface area contributed by atoms with Gasteiger partial charge in [0, 0.05) is 11.8 Å². The molecule has 1 unspecified atom stereocenters. The number of nitrogens with one attached hydrogen (secondary N) is 1. The van der Waals surface area contributed by atoms with Gasteiger partial charge in [-0.1, -0.05) is 0 Å². The molecule has 1 N–H and O–H groups in total. The number of alkyl halides is 1. The normalized spacial score (nSPS) is 11.8. The number of carbonyl (C=O) groups is 1. The lowest BCUT2D eigenvalue weighted by molar-refractivity contribution is -0.115. The molecule has 0 fully saturated rings. The van der Waals surface area contributed by atoms with Crippen molar-refractivity contribution < 1.29 is 14.3 Å².